The molecule has 1 atom stereocenters. The van der Waals surface area contributed by atoms with E-state index in [9.17, 15) is 19.5 Å². The van der Waals surface area contributed by atoms with Crippen LogP contribution in [0.15, 0.2) is 132 Å². The topological polar surface area (TPSA) is 169 Å². The van der Waals surface area contributed by atoms with Crippen LogP contribution in [0.5, 0.6) is 0 Å². The molecule has 4 heterocycles. The number of carbonyl (C=O) groups is 3. The highest BCUT2D eigenvalue weighted by Crippen LogP contribution is 2.38. The van der Waals surface area contributed by atoms with E-state index in [1.807, 2.05) is 117 Å². The Balaban J connectivity index is 1.01. The Morgan fingerprint density at radius 3 is 2.40 bits per heavy atom. The number of nitrogens with one attached hydrogen (secondary N) is 3. The minimum atomic E-state index is -1.03. The molecule has 1 aliphatic heterocycles. The molecular weight excluding hydrogens is 811 g/mol. The number of carbonyl (C=O) groups excluding carboxylic acids is 2. The van der Waals surface area contributed by atoms with Gasteiger partial charge in [-0.3, -0.25) is 14.5 Å². The van der Waals surface area contributed by atoms with E-state index in [4.69, 9.17) is 9.97 Å². The number of rotatable bonds is 12. The van der Waals surface area contributed by atoms with E-state index < -0.39 is 11.6 Å². The largest absolute Gasteiger partial charge is 0.465 e. The highest BCUT2D eigenvalue weighted by Gasteiger charge is 2.32. The molecule has 1 aliphatic rings. The number of aromatic nitrogens is 5. The molecule has 0 bridgehead atoms. The van der Waals surface area contributed by atoms with Crippen LogP contribution in [0.4, 0.5) is 27.7 Å². The molecule has 0 radical (unpaired) electrons. The molecule has 4 N–H and O–H groups in total. The van der Waals surface area contributed by atoms with Crippen LogP contribution < -0.4 is 15.5 Å². The maximum Gasteiger partial charge on any atom is 0.412 e. The molecule has 63 heavy (non-hydrogen) atoms. The van der Waals surface area contributed by atoms with E-state index in [0.717, 1.165) is 56.4 Å². The van der Waals surface area contributed by atoms with Crippen molar-refractivity contribution in [3.05, 3.63) is 144 Å². The SMILES string of the molecule is CC(C)c1ccc2c(Nc3cc(C(=O)Nc4ccc(-c5c[nH]c(C6CCCN6C(=O)Cc6ccccc6)n5)cc4)ccc3Sc3ccc(N(C(=O)O)C(C)(C)C)cc3)ncnc2n1. The number of aromatic amines is 1. The lowest BCUT2D eigenvalue weighted by atomic mass is 10.1. The smallest absolute Gasteiger partial charge is 0.412 e. The first-order chi connectivity index (χ1) is 30.3. The summed E-state index contributed by atoms with van der Waals surface area (Å²) < 4.78 is 0. The molecule has 13 nitrogen and oxygen atoms in total. The van der Waals surface area contributed by atoms with Crippen molar-refractivity contribution >= 4 is 63.6 Å². The summed E-state index contributed by atoms with van der Waals surface area (Å²) in [6.07, 6.45) is 4.43. The predicted octanol–water partition coefficient (Wildman–Crippen LogP) is 10.9. The van der Waals surface area contributed by atoms with Crippen molar-refractivity contribution in [2.75, 3.05) is 22.1 Å². The molecular formula is C49H49N9O4S. The van der Waals surface area contributed by atoms with Gasteiger partial charge in [0.1, 0.15) is 18.0 Å². The zero-order valence-electron chi connectivity index (χ0n) is 35.8. The molecule has 4 aromatic carbocycles. The summed E-state index contributed by atoms with van der Waals surface area (Å²) >= 11 is 1.47. The molecule has 1 saturated heterocycles. The van der Waals surface area contributed by atoms with Crippen LogP contribution in [0.1, 0.15) is 86.9 Å². The molecule has 1 unspecified atom stereocenters. The number of benzene rings is 4. The van der Waals surface area contributed by atoms with E-state index >= 15 is 0 Å². The van der Waals surface area contributed by atoms with Crippen LogP contribution in [-0.2, 0) is 11.2 Å². The number of fused-ring (bicyclic) bond motifs is 1. The lowest BCUT2D eigenvalue weighted by molar-refractivity contribution is -0.131. The minimum absolute atomic E-state index is 0.0928. The third-order valence-electron chi connectivity index (χ3n) is 10.9. The number of nitrogens with zero attached hydrogens (tertiary/aromatic N) is 6. The quantitative estimate of drug-likeness (QED) is 0.0927. The Hall–Kier alpha value is -7.06. The second-order valence-electron chi connectivity index (χ2n) is 16.8. The highest BCUT2D eigenvalue weighted by molar-refractivity contribution is 7.99. The summed E-state index contributed by atoms with van der Waals surface area (Å²) in [4.78, 5) is 66.2. The Morgan fingerprint density at radius 1 is 0.921 bits per heavy atom. The standard InChI is InChI=1S/C49H49N9O4S/c1-30(2)38-23-22-37-44(54-38)51-29-52-45(37)55-39-27-33(15-24-42(39)63-36-20-18-35(19-21-36)58(48(61)62)49(3,4)5)47(60)53-34-16-13-32(14-17-34)40-28-50-46(56-40)41-12-9-25-57(41)43(59)26-31-10-7-6-8-11-31/h6-8,10-11,13-24,27-30,41H,9,12,25-26H2,1-5H3,(H,50,56)(H,53,60)(H,61,62)(H,51,52,54,55). The summed E-state index contributed by atoms with van der Waals surface area (Å²) in [6.45, 7) is 10.4. The van der Waals surface area contributed by atoms with Gasteiger partial charge in [-0.2, -0.15) is 0 Å². The normalized spacial score (nSPS) is 13.9. The van der Waals surface area contributed by atoms with Gasteiger partial charge in [-0.1, -0.05) is 68.1 Å². The van der Waals surface area contributed by atoms with Crippen LogP contribution in [0.2, 0.25) is 0 Å². The maximum absolute atomic E-state index is 13.9. The Morgan fingerprint density at radius 2 is 1.68 bits per heavy atom. The molecule has 0 spiro atoms. The number of hydrogen-bond donors (Lipinski definition) is 4. The Kier molecular flexibility index (Phi) is 12.3. The second-order valence-corrected chi connectivity index (χ2v) is 17.9. The van der Waals surface area contributed by atoms with Crippen LogP contribution in [-0.4, -0.2) is 64.9 Å². The lowest BCUT2D eigenvalue weighted by Crippen LogP contribution is -2.45. The summed E-state index contributed by atoms with van der Waals surface area (Å²) in [5.41, 5.74) is 5.70. The van der Waals surface area contributed by atoms with Gasteiger partial charge in [0.25, 0.3) is 5.91 Å². The van der Waals surface area contributed by atoms with Gasteiger partial charge in [-0.15, -0.1) is 0 Å². The molecule has 0 aliphatic carbocycles. The van der Waals surface area contributed by atoms with Gasteiger partial charge >= 0.3 is 6.09 Å². The fraction of sp³-hybridized carbons (Fsp3) is 0.245. The van der Waals surface area contributed by atoms with Gasteiger partial charge < -0.3 is 25.6 Å². The molecule has 320 valence electrons. The average Bonchev–Trinajstić information content (AvgIpc) is 3.96. The highest BCUT2D eigenvalue weighted by atomic mass is 32.2. The first kappa shape index (κ1) is 42.6. The monoisotopic (exact) mass is 859 g/mol. The number of amides is 3. The van der Waals surface area contributed by atoms with Crippen molar-refractivity contribution in [1.29, 1.82) is 0 Å². The fourth-order valence-electron chi connectivity index (χ4n) is 7.74. The van der Waals surface area contributed by atoms with Crippen molar-refractivity contribution in [2.24, 2.45) is 0 Å². The van der Waals surface area contributed by atoms with Crippen molar-refractivity contribution in [3.63, 3.8) is 0 Å². The summed E-state index contributed by atoms with van der Waals surface area (Å²) in [5.74, 6) is 1.32. The maximum atomic E-state index is 13.9. The van der Waals surface area contributed by atoms with Gasteiger partial charge in [0.15, 0.2) is 5.65 Å². The van der Waals surface area contributed by atoms with Crippen molar-refractivity contribution < 1.29 is 19.5 Å². The Labute approximate surface area is 370 Å². The van der Waals surface area contributed by atoms with E-state index in [1.54, 1.807) is 24.3 Å². The summed E-state index contributed by atoms with van der Waals surface area (Å²) in [6, 6.07) is 33.9. The van der Waals surface area contributed by atoms with Gasteiger partial charge in [-0.25, -0.2) is 24.7 Å². The van der Waals surface area contributed by atoms with Gasteiger partial charge in [-0.05, 0) is 112 Å². The average molecular weight is 860 g/mol. The van der Waals surface area contributed by atoms with Gasteiger partial charge in [0, 0.05) is 56.3 Å². The summed E-state index contributed by atoms with van der Waals surface area (Å²) in [7, 11) is 0. The van der Waals surface area contributed by atoms with Crippen LogP contribution in [0, 0.1) is 0 Å². The van der Waals surface area contributed by atoms with E-state index in [0.29, 0.717) is 47.1 Å². The Bertz CT molecular complexity index is 2770. The number of imidazole rings is 1. The van der Waals surface area contributed by atoms with Crippen molar-refractivity contribution in [1.82, 2.24) is 29.8 Å². The predicted molar refractivity (Wildman–Crippen MR) is 248 cm³/mol. The van der Waals surface area contributed by atoms with Crippen molar-refractivity contribution in [2.45, 2.75) is 81.2 Å². The van der Waals surface area contributed by atoms with E-state index in [-0.39, 0.29) is 23.8 Å². The van der Waals surface area contributed by atoms with Crippen LogP contribution >= 0.6 is 11.8 Å². The zero-order valence-corrected chi connectivity index (χ0v) is 36.6. The van der Waals surface area contributed by atoms with Gasteiger partial charge in [0.2, 0.25) is 5.91 Å². The zero-order chi connectivity index (χ0) is 44.3. The molecule has 8 rings (SSSR count). The second kappa shape index (κ2) is 18.1. The van der Waals surface area contributed by atoms with Gasteiger partial charge in [0.05, 0.1) is 29.2 Å². The lowest BCUT2D eigenvalue weighted by Gasteiger charge is -2.33. The number of likely N-dealkylation sites (tertiary alicyclic amines) is 1. The molecule has 3 amide bonds. The van der Waals surface area contributed by atoms with Crippen LogP contribution in [0.3, 0.4) is 0 Å². The fourth-order valence-corrected chi connectivity index (χ4v) is 8.63. The number of anilines is 4. The number of hydrogen-bond acceptors (Lipinski definition) is 9. The third-order valence-corrected chi connectivity index (χ3v) is 12.0. The van der Waals surface area contributed by atoms with Crippen LogP contribution in [0.25, 0.3) is 22.3 Å². The molecule has 14 heteroatoms. The number of carboxylic acid groups (broad SMARTS) is 1. The van der Waals surface area contributed by atoms with Crippen molar-refractivity contribution in [3.8, 4) is 11.3 Å². The van der Waals surface area contributed by atoms with E-state index in [1.165, 1.54) is 23.0 Å². The summed E-state index contributed by atoms with van der Waals surface area (Å²) in [5, 5.41) is 17.2. The first-order valence-electron chi connectivity index (χ1n) is 20.9. The number of pyridine rings is 1. The molecule has 3 aromatic heterocycles. The number of H-pyrrole nitrogens is 1. The first-order valence-corrected chi connectivity index (χ1v) is 21.8. The molecule has 7 aromatic rings. The third kappa shape index (κ3) is 9.71. The molecule has 0 saturated carbocycles. The van der Waals surface area contributed by atoms with E-state index in [2.05, 4.69) is 39.4 Å². The molecule has 1 fully saturated rings. The minimum Gasteiger partial charge on any atom is -0.465 e.